The predicted octanol–water partition coefficient (Wildman–Crippen LogP) is 2.12. The van der Waals surface area contributed by atoms with Gasteiger partial charge in [0.2, 0.25) is 0 Å². The minimum atomic E-state index is -3.12. The third-order valence-corrected chi connectivity index (χ3v) is 4.04. The Morgan fingerprint density at radius 3 is 2.29 bits per heavy atom. The summed E-state index contributed by atoms with van der Waals surface area (Å²) in [4.78, 5) is 0. The number of hydrogen-bond donors (Lipinski definition) is 1. The zero-order chi connectivity index (χ0) is 10.8. The lowest BCUT2D eigenvalue weighted by Gasteiger charge is -2.16. The van der Waals surface area contributed by atoms with Gasteiger partial charge in [-0.05, 0) is 31.9 Å². The third kappa shape index (κ3) is 2.24. The molecular weight excluding hydrogens is 197 g/mol. The molecule has 1 unspecified atom stereocenters. The van der Waals surface area contributed by atoms with Gasteiger partial charge in [-0.3, -0.25) is 10.1 Å². The molecule has 1 atom stereocenters. The fourth-order valence-electron chi connectivity index (χ4n) is 1.55. The highest BCUT2D eigenvalue weighted by Crippen LogP contribution is 2.38. The van der Waals surface area contributed by atoms with Crippen LogP contribution in [-0.2, 0) is 9.09 Å². The van der Waals surface area contributed by atoms with Crippen LogP contribution in [-0.4, -0.2) is 6.61 Å². The van der Waals surface area contributed by atoms with Crippen molar-refractivity contribution in [3.05, 3.63) is 29.3 Å². The van der Waals surface area contributed by atoms with E-state index in [9.17, 15) is 4.57 Å². The number of benzene rings is 1. The molecule has 0 aromatic heterocycles. The minimum absolute atomic E-state index is 0.363. The number of rotatable bonds is 3. The lowest BCUT2D eigenvalue weighted by molar-refractivity contribution is 0.341. The van der Waals surface area contributed by atoms with Crippen LogP contribution in [0.25, 0.3) is 0 Å². The summed E-state index contributed by atoms with van der Waals surface area (Å²) in [5, 5.41) is 0.654. The van der Waals surface area contributed by atoms with Crippen LogP contribution in [0.4, 0.5) is 0 Å². The molecule has 14 heavy (non-hydrogen) atoms. The van der Waals surface area contributed by atoms with Crippen molar-refractivity contribution in [1.29, 1.82) is 0 Å². The fraction of sp³-hybridized carbons (Fsp3) is 0.400. The molecule has 2 N–H and O–H groups in total. The minimum Gasteiger partial charge on any atom is -0.315 e. The van der Waals surface area contributed by atoms with Gasteiger partial charge >= 0.3 is 0 Å². The van der Waals surface area contributed by atoms with Crippen LogP contribution in [0.5, 0.6) is 0 Å². The summed E-state index contributed by atoms with van der Waals surface area (Å²) in [5.74, 6) is 0. The first kappa shape index (κ1) is 11.4. The standard InChI is InChI=1S/C10H16NO2P/c1-4-13-14(11,12)10-8(2)6-5-7-9(10)3/h5-7H,4H2,1-3H3,(H2,11,12). The Hall–Kier alpha value is -0.630. The maximum Gasteiger partial charge on any atom is 0.297 e. The SMILES string of the molecule is CCOP(N)(=O)c1c(C)cccc1C. The molecule has 4 heteroatoms. The van der Waals surface area contributed by atoms with Crippen LogP contribution in [0.2, 0.25) is 0 Å². The average Bonchev–Trinajstić information content (AvgIpc) is 2.02. The molecule has 0 saturated heterocycles. The summed E-state index contributed by atoms with van der Waals surface area (Å²) in [6, 6.07) is 5.70. The molecule has 1 aromatic carbocycles. The molecule has 1 rings (SSSR count). The Labute approximate surface area is 84.8 Å². The maximum absolute atomic E-state index is 12.0. The first-order valence-electron chi connectivity index (χ1n) is 4.59. The van der Waals surface area contributed by atoms with Crippen molar-refractivity contribution in [2.45, 2.75) is 20.8 Å². The quantitative estimate of drug-likeness (QED) is 0.782. The van der Waals surface area contributed by atoms with Crippen LogP contribution < -0.4 is 10.8 Å². The van der Waals surface area contributed by atoms with Gasteiger partial charge in [-0.25, -0.2) is 0 Å². The van der Waals surface area contributed by atoms with Gasteiger partial charge in [-0.2, -0.15) is 0 Å². The number of aryl methyl sites for hydroxylation is 2. The van der Waals surface area contributed by atoms with Gasteiger partial charge in [-0.15, -0.1) is 0 Å². The van der Waals surface area contributed by atoms with Gasteiger partial charge in [0.05, 0.1) is 11.9 Å². The highest BCUT2D eigenvalue weighted by atomic mass is 31.2. The Bertz CT molecular complexity index is 356. The van der Waals surface area contributed by atoms with Gasteiger partial charge < -0.3 is 4.52 Å². The van der Waals surface area contributed by atoms with E-state index in [-0.39, 0.29) is 0 Å². The van der Waals surface area contributed by atoms with Crippen molar-refractivity contribution < 1.29 is 9.09 Å². The Balaban J connectivity index is 3.24. The van der Waals surface area contributed by atoms with Crippen LogP contribution in [0.15, 0.2) is 18.2 Å². The first-order valence-corrected chi connectivity index (χ1v) is 6.28. The second kappa shape index (κ2) is 4.26. The van der Waals surface area contributed by atoms with Gasteiger partial charge in [0, 0.05) is 0 Å². The zero-order valence-electron chi connectivity index (χ0n) is 8.78. The monoisotopic (exact) mass is 213 g/mol. The van der Waals surface area contributed by atoms with Crippen LogP contribution in [0, 0.1) is 13.8 Å². The van der Waals surface area contributed by atoms with Crippen molar-refractivity contribution >= 4 is 12.8 Å². The molecule has 0 amide bonds. The van der Waals surface area contributed by atoms with Crippen molar-refractivity contribution in [3.8, 4) is 0 Å². The van der Waals surface area contributed by atoms with E-state index in [1.807, 2.05) is 32.0 Å². The zero-order valence-corrected chi connectivity index (χ0v) is 9.67. The van der Waals surface area contributed by atoms with Crippen molar-refractivity contribution in [3.63, 3.8) is 0 Å². The number of hydrogen-bond acceptors (Lipinski definition) is 2. The molecule has 0 bridgehead atoms. The van der Waals surface area contributed by atoms with Crippen molar-refractivity contribution in [2.24, 2.45) is 5.50 Å². The highest BCUT2D eigenvalue weighted by Gasteiger charge is 2.23. The van der Waals surface area contributed by atoms with E-state index >= 15 is 0 Å². The summed E-state index contributed by atoms with van der Waals surface area (Å²) >= 11 is 0. The van der Waals surface area contributed by atoms with Crippen molar-refractivity contribution in [2.75, 3.05) is 6.61 Å². The number of nitrogens with two attached hydrogens (primary N) is 1. The maximum atomic E-state index is 12.0. The van der Waals surface area contributed by atoms with Crippen LogP contribution >= 0.6 is 7.52 Å². The Kier molecular flexibility index (Phi) is 3.48. The summed E-state index contributed by atoms with van der Waals surface area (Å²) < 4.78 is 17.1. The first-order chi connectivity index (χ1) is 6.49. The second-order valence-corrected chi connectivity index (χ2v) is 5.15. The molecule has 0 heterocycles. The highest BCUT2D eigenvalue weighted by molar-refractivity contribution is 7.64. The molecule has 0 radical (unpaired) electrons. The second-order valence-electron chi connectivity index (χ2n) is 3.26. The van der Waals surface area contributed by atoms with Gasteiger partial charge in [-0.1, -0.05) is 18.2 Å². The molecule has 0 fully saturated rings. The molecule has 78 valence electrons. The van der Waals surface area contributed by atoms with Gasteiger partial charge in [0.1, 0.15) is 0 Å². The topological polar surface area (TPSA) is 52.3 Å². The van der Waals surface area contributed by atoms with Gasteiger partial charge in [0.25, 0.3) is 7.52 Å². The molecular formula is C10H16NO2P. The predicted molar refractivity (Wildman–Crippen MR) is 59.0 cm³/mol. The summed E-state index contributed by atoms with van der Waals surface area (Å²) in [7, 11) is -3.12. The van der Waals surface area contributed by atoms with E-state index in [1.54, 1.807) is 6.92 Å². The third-order valence-electron chi connectivity index (χ3n) is 2.07. The largest absolute Gasteiger partial charge is 0.315 e. The van der Waals surface area contributed by atoms with E-state index < -0.39 is 7.52 Å². The molecule has 0 aliphatic rings. The Morgan fingerprint density at radius 2 is 1.86 bits per heavy atom. The molecule has 0 aliphatic heterocycles. The van der Waals surface area contributed by atoms with Crippen molar-refractivity contribution in [1.82, 2.24) is 0 Å². The van der Waals surface area contributed by atoms with E-state index in [0.29, 0.717) is 11.9 Å². The van der Waals surface area contributed by atoms with E-state index in [1.165, 1.54) is 0 Å². The van der Waals surface area contributed by atoms with E-state index in [2.05, 4.69) is 0 Å². The van der Waals surface area contributed by atoms with Crippen LogP contribution in [0.3, 0.4) is 0 Å². The summed E-state index contributed by atoms with van der Waals surface area (Å²) in [6.07, 6.45) is 0. The summed E-state index contributed by atoms with van der Waals surface area (Å²) in [5.41, 5.74) is 7.52. The molecule has 3 nitrogen and oxygen atoms in total. The molecule has 0 spiro atoms. The van der Waals surface area contributed by atoms with E-state index in [0.717, 1.165) is 11.1 Å². The molecule has 0 saturated carbocycles. The van der Waals surface area contributed by atoms with Crippen LogP contribution in [0.1, 0.15) is 18.1 Å². The fourth-order valence-corrected chi connectivity index (χ4v) is 3.20. The average molecular weight is 213 g/mol. The lowest BCUT2D eigenvalue weighted by Crippen LogP contribution is -2.19. The normalized spacial score (nSPS) is 15.1. The summed E-state index contributed by atoms with van der Waals surface area (Å²) in [6.45, 7) is 5.93. The van der Waals surface area contributed by atoms with Gasteiger partial charge in [0.15, 0.2) is 0 Å². The molecule has 1 aromatic rings. The smallest absolute Gasteiger partial charge is 0.297 e. The van der Waals surface area contributed by atoms with E-state index in [4.69, 9.17) is 10.0 Å². The molecule has 0 aliphatic carbocycles. The Morgan fingerprint density at radius 1 is 1.36 bits per heavy atom. The lowest BCUT2D eigenvalue weighted by atomic mass is 10.2.